The molecule has 13 nitrogen and oxygen atoms in total. The minimum absolute atomic E-state index is 0.0100. The number of hydrogen-bond acceptors (Lipinski definition) is 9. The number of furan rings is 1. The maximum atomic E-state index is 13.2. The van der Waals surface area contributed by atoms with Crippen molar-refractivity contribution in [2.24, 2.45) is 0 Å². The van der Waals surface area contributed by atoms with Gasteiger partial charge in [0.2, 0.25) is 12.2 Å². The maximum absolute atomic E-state index is 13.2. The Labute approximate surface area is 264 Å². The second-order valence-corrected chi connectivity index (χ2v) is 9.72. The average molecular weight is 654 g/mol. The fraction of sp³-hybridized carbons (Fsp3) is 0.0667. The number of carboxylic acid groups (broad SMARTS) is 1. The van der Waals surface area contributed by atoms with Crippen LogP contribution in [0.25, 0.3) is 0 Å². The van der Waals surface area contributed by atoms with Crippen LogP contribution in [0.2, 0.25) is 10.0 Å². The summed E-state index contributed by atoms with van der Waals surface area (Å²) in [6, 6.07) is 19.6. The van der Waals surface area contributed by atoms with Crippen LogP contribution in [0, 0.1) is 0 Å². The van der Waals surface area contributed by atoms with Crippen LogP contribution < -0.4 is 16.2 Å². The number of nitrogens with one attached hydrogen (secondary N) is 3. The maximum Gasteiger partial charge on any atom is 0.349 e. The molecular weight excluding hydrogens is 633 g/mol. The first-order chi connectivity index (χ1) is 21.5. The standard InChI is InChI=1S/C30H21Cl2N3O10/c31-20-8-3-1-6-18(20)29(41)44-23(24(28(39)40)45-30(42)19-7-2-4-9-21(19)32)27(38)35-34-25(36)16-11-13-17(14-12-16)33-26(37)22-10-5-15-43-22/h1-15,23-24H,(H,33,37)(H,34,36)(H,35,38)(H,39,40)/t23-,24-/m0/s1. The van der Waals surface area contributed by atoms with Crippen molar-refractivity contribution >= 4 is 64.5 Å². The summed E-state index contributed by atoms with van der Waals surface area (Å²) < 4.78 is 15.2. The number of esters is 2. The first-order valence-corrected chi connectivity index (χ1v) is 13.5. The van der Waals surface area contributed by atoms with Crippen LogP contribution >= 0.6 is 23.2 Å². The van der Waals surface area contributed by atoms with Gasteiger partial charge in [0.25, 0.3) is 17.7 Å². The number of amides is 3. The first-order valence-electron chi connectivity index (χ1n) is 12.7. The molecule has 0 saturated carbocycles. The molecule has 1 heterocycles. The van der Waals surface area contributed by atoms with Crippen molar-refractivity contribution in [2.75, 3.05) is 5.32 Å². The molecule has 4 aromatic rings. The van der Waals surface area contributed by atoms with Crippen LogP contribution in [-0.4, -0.2) is 52.9 Å². The second kappa shape index (κ2) is 14.7. The number of ether oxygens (including phenoxy) is 2. The van der Waals surface area contributed by atoms with E-state index in [-0.39, 0.29) is 32.5 Å². The summed E-state index contributed by atoms with van der Waals surface area (Å²) in [5.74, 6) is -7.01. The summed E-state index contributed by atoms with van der Waals surface area (Å²) in [5.41, 5.74) is 3.92. The van der Waals surface area contributed by atoms with Crippen molar-refractivity contribution < 1.29 is 47.8 Å². The molecule has 0 saturated heterocycles. The number of rotatable bonds is 10. The third-order valence-electron chi connectivity index (χ3n) is 5.88. The number of hydrazine groups is 1. The third-order valence-corrected chi connectivity index (χ3v) is 6.54. The van der Waals surface area contributed by atoms with E-state index in [9.17, 15) is 33.9 Å². The Kier molecular flexibility index (Phi) is 10.5. The van der Waals surface area contributed by atoms with E-state index in [1.54, 1.807) is 6.07 Å². The number of carbonyl (C=O) groups excluding carboxylic acids is 5. The van der Waals surface area contributed by atoms with Crippen molar-refractivity contribution in [1.29, 1.82) is 0 Å². The highest BCUT2D eigenvalue weighted by Gasteiger charge is 2.41. The topological polar surface area (TPSA) is 190 Å². The van der Waals surface area contributed by atoms with Gasteiger partial charge in [0, 0.05) is 11.3 Å². The lowest BCUT2D eigenvalue weighted by Gasteiger charge is -2.24. The van der Waals surface area contributed by atoms with Crippen molar-refractivity contribution in [2.45, 2.75) is 12.2 Å². The van der Waals surface area contributed by atoms with Crippen LogP contribution in [0.5, 0.6) is 0 Å². The van der Waals surface area contributed by atoms with Crippen molar-refractivity contribution in [3.63, 3.8) is 0 Å². The Morgan fingerprint density at radius 3 is 1.73 bits per heavy atom. The Morgan fingerprint density at radius 1 is 0.667 bits per heavy atom. The molecule has 0 spiro atoms. The van der Waals surface area contributed by atoms with Crippen molar-refractivity contribution in [3.05, 3.63) is 124 Å². The molecule has 15 heteroatoms. The highest BCUT2D eigenvalue weighted by molar-refractivity contribution is 6.34. The third kappa shape index (κ3) is 8.25. The van der Waals surface area contributed by atoms with E-state index in [0.717, 1.165) is 0 Å². The summed E-state index contributed by atoms with van der Waals surface area (Å²) in [5, 5.41) is 12.3. The van der Waals surface area contributed by atoms with E-state index in [0.29, 0.717) is 5.69 Å². The first kappa shape index (κ1) is 32.3. The van der Waals surface area contributed by atoms with Gasteiger partial charge in [-0.05, 0) is 60.7 Å². The lowest BCUT2D eigenvalue weighted by atomic mass is 10.1. The Balaban J connectivity index is 1.50. The van der Waals surface area contributed by atoms with Crippen LogP contribution in [-0.2, 0) is 19.1 Å². The van der Waals surface area contributed by atoms with Crippen molar-refractivity contribution in [3.8, 4) is 0 Å². The molecule has 4 N–H and O–H groups in total. The SMILES string of the molecule is O=C(NNC(=O)[C@@H](OC(=O)c1ccccc1Cl)[C@H](OC(=O)c1ccccc1Cl)C(=O)O)c1ccc(NC(=O)c2ccco2)cc1. The molecule has 3 amide bonds. The largest absolute Gasteiger partial charge is 0.478 e. The molecule has 0 radical (unpaired) electrons. The molecule has 4 rings (SSSR count). The molecular formula is C30H21Cl2N3O10. The smallest absolute Gasteiger partial charge is 0.349 e. The number of aliphatic carboxylic acids is 1. The predicted molar refractivity (Wildman–Crippen MR) is 158 cm³/mol. The highest BCUT2D eigenvalue weighted by atomic mass is 35.5. The number of hydrogen-bond donors (Lipinski definition) is 4. The molecule has 0 aliphatic carbocycles. The average Bonchev–Trinajstić information content (AvgIpc) is 3.57. The van der Waals surface area contributed by atoms with Gasteiger partial charge in [0.05, 0.1) is 27.4 Å². The van der Waals surface area contributed by atoms with Crippen LogP contribution in [0.4, 0.5) is 5.69 Å². The quantitative estimate of drug-likeness (QED) is 0.143. The van der Waals surface area contributed by atoms with E-state index in [4.69, 9.17) is 37.1 Å². The van der Waals surface area contributed by atoms with Crippen LogP contribution in [0.15, 0.2) is 95.6 Å². The molecule has 0 aliphatic heterocycles. The molecule has 2 atom stereocenters. The normalized spacial score (nSPS) is 11.8. The van der Waals surface area contributed by atoms with Gasteiger partial charge in [0.1, 0.15) is 0 Å². The monoisotopic (exact) mass is 653 g/mol. The summed E-state index contributed by atoms with van der Waals surface area (Å²) in [7, 11) is 0. The molecule has 0 bridgehead atoms. The van der Waals surface area contributed by atoms with Gasteiger partial charge in [-0.1, -0.05) is 47.5 Å². The predicted octanol–water partition coefficient (Wildman–Crippen LogP) is 4.14. The minimum Gasteiger partial charge on any atom is -0.478 e. The van der Waals surface area contributed by atoms with Gasteiger partial charge in [-0.15, -0.1) is 0 Å². The Bertz CT molecular complexity index is 1740. The van der Waals surface area contributed by atoms with Crippen LogP contribution in [0.3, 0.4) is 0 Å². The number of halogens is 2. The highest BCUT2D eigenvalue weighted by Crippen LogP contribution is 2.21. The molecule has 230 valence electrons. The Morgan fingerprint density at radius 2 is 1.22 bits per heavy atom. The molecule has 0 unspecified atom stereocenters. The lowest BCUT2D eigenvalue weighted by molar-refractivity contribution is -0.159. The molecule has 0 fully saturated rings. The van der Waals surface area contributed by atoms with Gasteiger partial charge in [-0.3, -0.25) is 25.2 Å². The summed E-state index contributed by atoms with van der Waals surface area (Å²) in [6.07, 6.45) is -3.38. The summed E-state index contributed by atoms with van der Waals surface area (Å²) >= 11 is 12.0. The fourth-order valence-electron chi connectivity index (χ4n) is 3.67. The van der Waals surface area contributed by atoms with Crippen LogP contribution in [0.1, 0.15) is 41.6 Å². The molecule has 1 aromatic heterocycles. The lowest BCUT2D eigenvalue weighted by Crippen LogP contribution is -2.54. The van der Waals surface area contributed by atoms with Gasteiger partial charge < -0.3 is 24.3 Å². The van der Waals surface area contributed by atoms with Gasteiger partial charge in [0.15, 0.2) is 5.76 Å². The van der Waals surface area contributed by atoms with Gasteiger partial charge in [-0.25, -0.2) is 14.4 Å². The van der Waals surface area contributed by atoms with Gasteiger partial charge in [-0.2, -0.15) is 0 Å². The molecule has 0 aliphatic rings. The number of carbonyl (C=O) groups is 6. The van der Waals surface area contributed by atoms with E-state index >= 15 is 0 Å². The number of benzene rings is 3. The van der Waals surface area contributed by atoms with Gasteiger partial charge >= 0.3 is 17.9 Å². The summed E-state index contributed by atoms with van der Waals surface area (Å²) in [4.78, 5) is 75.9. The second-order valence-electron chi connectivity index (χ2n) is 8.90. The minimum atomic E-state index is -2.39. The van der Waals surface area contributed by atoms with E-state index in [1.165, 1.54) is 85.1 Å². The van der Waals surface area contributed by atoms with E-state index < -0.39 is 47.8 Å². The zero-order chi connectivity index (χ0) is 32.5. The van der Waals surface area contributed by atoms with E-state index in [1.807, 2.05) is 5.43 Å². The molecule has 3 aromatic carbocycles. The van der Waals surface area contributed by atoms with E-state index in [2.05, 4.69) is 10.7 Å². The zero-order valence-electron chi connectivity index (χ0n) is 22.7. The number of carboxylic acids is 1. The molecule has 45 heavy (non-hydrogen) atoms. The zero-order valence-corrected chi connectivity index (χ0v) is 24.2. The Hall–Kier alpha value is -5.66. The fourth-order valence-corrected chi connectivity index (χ4v) is 4.10. The number of anilines is 1. The summed E-state index contributed by atoms with van der Waals surface area (Å²) in [6.45, 7) is 0. The van der Waals surface area contributed by atoms with Crippen molar-refractivity contribution in [1.82, 2.24) is 10.9 Å².